The van der Waals surface area contributed by atoms with Crippen molar-refractivity contribution in [3.8, 4) is 11.1 Å². The number of likely N-dealkylation sites (N-methyl/N-ethyl adjacent to an activating group) is 1. The molecular formula is C24H23Cl3N2O. The van der Waals surface area contributed by atoms with Crippen LogP contribution in [-0.4, -0.2) is 19.5 Å². The summed E-state index contributed by atoms with van der Waals surface area (Å²) in [6.45, 7) is 0.669. The number of rotatable bonds is 8. The number of halogens is 3. The first-order valence-electron chi connectivity index (χ1n) is 9.74. The van der Waals surface area contributed by atoms with Crippen LogP contribution in [0.25, 0.3) is 11.1 Å². The Morgan fingerprint density at radius 1 is 0.933 bits per heavy atom. The predicted octanol–water partition coefficient (Wildman–Crippen LogP) is 6.32. The molecule has 3 nitrogen and oxygen atoms in total. The molecule has 0 aliphatic heterocycles. The van der Waals surface area contributed by atoms with Crippen LogP contribution in [0.15, 0.2) is 66.7 Å². The molecule has 30 heavy (non-hydrogen) atoms. The van der Waals surface area contributed by atoms with Gasteiger partial charge in [-0.2, -0.15) is 0 Å². The number of carbonyl (C=O) groups is 1. The lowest BCUT2D eigenvalue weighted by atomic mass is 10.00. The van der Waals surface area contributed by atoms with E-state index in [0.29, 0.717) is 21.6 Å². The minimum absolute atomic E-state index is 0.0595. The van der Waals surface area contributed by atoms with Crippen molar-refractivity contribution in [2.75, 3.05) is 13.6 Å². The molecule has 0 radical (unpaired) electrons. The molecule has 0 heterocycles. The highest BCUT2D eigenvalue weighted by molar-refractivity contribution is 6.39. The number of nitrogens with one attached hydrogen (secondary N) is 2. The average molecular weight is 462 g/mol. The molecule has 3 aromatic carbocycles. The lowest BCUT2D eigenvalue weighted by Crippen LogP contribution is -2.36. The maximum atomic E-state index is 12.3. The maximum Gasteiger partial charge on any atom is 0.241 e. The zero-order valence-corrected chi connectivity index (χ0v) is 18.9. The van der Waals surface area contributed by atoms with E-state index in [1.165, 1.54) is 0 Å². The van der Waals surface area contributed by atoms with Crippen LogP contribution in [0.5, 0.6) is 0 Å². The van der Waals surface area contributed by atoms with Gasteiger partial charge in [0.1, 0.15) is 6.04 Å². The predicted molar refractivity (Wildman–Crippen MR) is 126 cm³/mol. The fraction of sp³-hybridized carbons (Fsp3) is 0.208. The van der Waals surface area contributed by atoms with Gasteiger partial charge in [0, 0.05) is 22.7 Å². The normalized spacial score (nSPS) is 11.9. The van der Waals surface area contributed by atoms with Crippen LogP contribution in [0.4, 0.5) is 0 Å². The Labute approximate surface area is 192 Å². The van der Waals surface area contributed by atoms with Gasteiger partial charge in [0.05, 0.1) is 5.02 Å². The lowest BCUT2D eigenvalue weighted by molar-refractivity contribution is -0.122. The number of hydrogen-bond donors (Lipinski definition) is 2. The van der Waals surface area contributed by atoms with Crippen LogP contribution < -0.4 is 10.6 Å². The molecule has 0 spiro atoms. The first-order chi connectivity index (χ1) is 14.5. The molecule has 0 aliphatic carbocycles. The van der Waals surface area contributed by atoms with Crippen LogP contribution in [0.1, 0.15) is 23.6 Å². The van der Waals surface area contributed by atoms with E-state index in [0.717, 1.165) is 35.1 Å². The van der Waals surface area contributed by atoms with Gasteiger partial charge in [-0.3, -0.25) is 4.79 Å². The monoisotopic (exact) mass is 460 g/mol. The molecule has 0 aromatic heterocycles. The van der Waals surface area contributed by atoms with E-state index >= 15 is 0 Å². The van der Waals surface area contributed by atoms with Gasteiger partial charge >= 0.3 is 0 Å². The van der Waals surface area contributed by atoms with Crippen molar-refractivity contribution in [3.05, 3.63) is 92.9 Å². The summed E-state index contributed by atoms with van der Waals surface area (Å²) in [6.07, 6.45) is 1.58. The highest BCUT2D eigenvalue weighted by Crippen LogP contribution is 2.37. The summed E-state index contributed by atoms with van der Waals surface area (Å²) in [7, 11) is 1.64. The Balaban J connectivity index is 1.68. The van der Waals surface area contributed by atoms with E-state index in [1.807, 2.05) is 66.7 Å². The van der Waals surface area contributed by atoms with E-state index in [2.05, 4.69) is 10.6 Å². The van der Waals surface area contributed by atoms with Crippen LogP contribution in [-0.2, 0) is 11.2 Å². The first-order valence-corrected chi connectivity index (χ1v) is 10.9. The topological polar surface area (TPSA) is 41.1 Å². The van der Waals surface area contributed by atoms with Gasteiger partial charge in [-0.25, -0.2) is 0 Å². The van der Waals surface area contributed by atoms with E-state index in [-0.39, 0.29) is 11.9 Å². The van der Waals surface area contributed by atoms with Crippen molar-refractivity contribution in [1.29, 1.82) is 0 Å². The molecule has 0 bridgehead atoms. The van der Waals surface area contributed by atoms with Crippen molar-refractivity contribution in [2.24, 2.45) is 0 Å². The van der Waals surface area contributed by atoms with Gasteiger partial charge in [-0.1, -0.05) is 83.3 Å². The van der Waals surface area contributed by atoms with E-state index < -0.39 is 0 Å². The van der Waals surface area contributed by atoms with E-state index in [9.17, 15) is 4.79 Å². The van der Waals surface area contributed by atoms with Gasteiger partial charge in [0.15, 0.2) is 0 Å². The van der Waals surface area contributed by atoms with Gasteiger partial charge < -0.3 is 10.6 Å². The maximum absolute atomic E-state index is 12.3. The Bertz CT molecular complexity index is 991. The van der Waals surface area contributed by atoms with Crippen molar-refractivity contribution < 1.29 is 4.79 Å². The third kappa shape index (κ3) is 5.55. The Kier molecular flexibility index (Phi) is 8.17. The molecule has 3 aromatic rings. The summed E-state index contributed by atoms with van der Waals surface area (Å²) in [5.74, 6) is -0.0595. The molecule has 3 rings (SSSR count). The van der Waals surface area contributed by atoms with E-state index in [4.69, 9.17) is 34.8 Å². The second-order valence-electron chi connectivity index (χ2n) is 6.92. The average Bonchev–Trinajstić information content (AvgIpc) is 2.76. The second-order valence-corrected chi connectivity index (χ2v) is 8.14. The SMILES string of the molecule is CNC(=O)[C@@H](NCCCc1ccc(Cl)c(-c2ccc(Cl)cc2)c1Cl)c1ccccc1. The molecule has 0 aliphatic rings. The van der Waals surface area contributed by atoms with Crippen LogP contribution >= 0.6 is 34.8 Å². The molecular weight excluding hydrogens is 439 g/mol. The molecule has 1 atom stereocenters. The number of hydrogen-bond acceptors (Lipinski definition) is 2. The van der Waals surface area contributed by atoms with Crippen LogP contribution in [0.3, 0.4) is 0 Å². The molecule has 0 saturated carbocycles. The number of aryl methyl sites for hydroxylation is 1. The third-order valence-corrected chi connectivity index (χ3v) is 5.92. The molecule has 1 amide bonds. The Morgan fingerprint density at radius 3 is 2.30 bits per heavy atom. The summed E-state index contributed by atoms with van der Waals surface area (Å²) in [5, 5.41) is 7.98. The summed E-state index contributed by atoms with van der Waals surface area (Å²) < 4.78 is 0. The molecule has 0 fully saturated rings. The standard InChI is InChI=1S/C24H23Cl3N2O/c1-28-24(30)23(18-6-3-2-4-7-18)29-15-5-8-17-11-14-20(26)21(22(17)27)16-9-12-19(25)13-10-16/h2-4,6-7,9-14,23,29H,5,8,15H2,1H3,(H,28,30)/t23-/m0/s1. The van der Waals surface area contributed by atoms with Gasteiger partial charge in [0.25, 0.3) is 0 Å². The third-order valence-electron chi connectivity index (χ3n) is 4.92. The smallest absolute Gasteiger partial charge is 0.241 e. The lowest BCUT2D eigenvalue weighted by Gasteiger charge is -2.18. The van der Waals surface area contributed by atoms with Crippen molar-refractivity contribution in [2.45, 2.75) is 18.9 Å². The number of benzene rings is 3. The quantitative estimate of drug-likeness (QED) is 0.385. The first kappa shape index (κ1) is 22.6. The number of amides is 1. The Hall–Kier alpha value is -2.04. The molecule has 0 unspecified atom stereocenters. The van der Waals surface area contributed by atoms with Crippen LogP contribution in [0, 0.1) is 0 Å². The molecule has 2 N–H and O–H groups in total. The summed E-state index contributed by atoms with van der Waals surface area (Å²) in [6, 6.07) is 20.6. The van der Waals surface area contributed by atoms with Gasteiger partial charge in [-0.05, 0) is 54.3 Å². The fourth-order valence-corrected chi connectivity index (χ4v) is 4.16. The van der Waals surface area contributed by atoms with Gasteiger partial charge in [-0.15, -0.1) is 0 Å². The summed E-state index contributed by atoms with van der Waals surface area (Å²) >= 11 is 19.1. The molecule has 156 valence electrons. The highest BCUT2D eigenvalue weighted by atomic mass is 35.5. The second kappa shape index (κ2) is 10.8. The molecule has 6 heteroatoms. The van der Waals surface area contributed by atoms with Gasteiger partial charge in [0.2, 0.25) is 5.91 Å². The highest BCUT2D eigenvalue weighted by Gasteiger charge is 2.18. The molecule has 0 saturated heterocycles. The van der Waals surface area contributed by atoms with Crippen molar-refractivity contribution >= 4 is 40.7 Å². The Morgan fingerprint density at radius 2 is 1.63 bits per heavy atom. The summed E-state index contributed by atoms with van der Waals surface area (Å²) in [5.41, 5.74) is 3.70. The van der Waals surface area contributed by atoms with E-state index in [1.54, 1.807) is 7.05 Å². The van der Waals surface area contributed by atoms with Crippen molar-refractivity contribution in [3.63, 3.8) is 0 Å². The minimum atomic E-state index is -0.387. The summed E-state index contributed by atoms with van der Waals surface area (Å²) in [4.78, 5) is 12.3. The van der Waals surface area contributed by atoms with Crippen molar-refractivity contribution in [1.82, 2.24) is 10.6 Å². The minimum Gasteiger partial charge on any atom is -0.358 e. The number of carbonyl (C=O) groups excluding carboxylic acids is 1. The zero-order chi connectivity index (χ0) is 21.5. The fourth-order valence-electron chi connectivity index (χ4n) is 3.35. The largest absolute Gasteiger partial charge is 0.358 e. The van der Waals surface area contributed by atoms with Crippen LogP contribution in [0.2, 0.25) is 15.1 Å². The zero-order valence-electron chi connectivity index (χ0n) is 16.6.